The molecule has 0 atom stereocenters. The zero-order valence-corrected chi connectivity index (χ0v) is 13.0. The standard InChI is InChI=1S/C17H13ClN2O3/c1-20-15(8-10-3-2-4-12(18)7-10)19-14-9-11(17(22)23)5-6-13(14)16(20)21/h2-7,9H,8H2,1H3,(H,22,23). The molecule has 0 aliphatic carbocycles. The van der Waals surface area contributed by atoms with Crippen LogP contribution in [-0.2, 0) is 13.5 Å². The summed E-state index contributed by atoms with van der Waals surface area (Å²) in [7, 11) is 1.65. The molecule has 6 heteroatoms. The van der Waals surface area contributed by atoms with Crippen molar-refractivity contribution < 1.29 is 9.90 Å². The maximum atomic E-state index is 12.4. The molecule has 1 heterocycles. The highest BCUT2D eigenvalue weighted by atomic mass is 35.5. The molecule has 0 radical (unpaired) electrons. The van der Waals surface area contributed by atoms with E-state index in [1.54, 1.807) is 13.1 Å². The van der Waals surface area contributed by atoms with Crippen molar-refractivity contribution in [1.82, 2.24) is 9.55 Å². The van der Waals surface area contributed by atoms with Gasteiger partial charge in [0.25, 0.3) is 5.56 Å². The summed E-state index contributed by atoms with van der Waals surface area (Å²) >= 11 is 5.98. The summed E-state index contributed by atoms with van der Waals surface area (Å²) in [6, 6.07) is 11.6. The summed E-state index contributed by atoms with van der Waals surface area (Å²) in [6.07, 6.45) is 0.430. The van der Waals surface area contributed by atoms with Crippen molar-refractivity contribution in [2.24, 2.45) is 7.05 Å². The number of rotatable bonds is 3. The van der Waals surface area contributed by atoms with Gasteiger partial charge in [-0.2, -0.15) is 0 Å². The monoisotopic (exact) mass is 328 g/mol. The zero-order valence-electron chi connectivity index (χ0n) is 12.3. The second kappa shape index (κ2) is 5.85. The quantitative estimate of drug-likeness (QED) is 0.802. The third-order valence-corrected chi connectivity index (χ3v) is 3.90. The van der Waals surface area contributed by atoms with E-state index in [-0.39, 0.29) is 11.1 Å². The van der Waals surface area contributed by atoms with Crippen LogP contribution in [0.3, 0.4) is 0 Å². The Morgan fingerprint density at radius 1 is 1.26 bits per heavy atom. The second-order valence-electron chi connectivity index (χ2n) is 5.24. The van der Waals surface area contributed by atoms with Crippen LogP contribution in [0, 0.1) is 0 Å². The van der Waals surface area contributed by atoms with Crippen molar-refractivity contribution in [3.05, 3.63) is 74.8 Å². The molecule has 1 aromatic heterocycles. The smallest absolute Gasteiger partial charge is 0.335 e. The maximum absolute atomic E-state index is 12.4. The first kappa shape index (κ1) is 15.2. The molecule has 0 spiro atoms. The Balaban J connectivity index is 2.15. The van der Waals surface area contributed by atoms with Gasteiger partial charge in [0.05, 0.1) is 16.5 Å². The summed E-state index contributed by atoms with van der Waals surface area (Å²) in [6.45, 7) is 0. The van der Waals surface area contributed by atoms with Crippen molar-refractivity contribution in [2.45, 2.75) is 6.42 Å². The average molecular weight is 329 g/mol. The number of nitrogens with zero attached hydrogens (tertiary/aromatic N) is 2. The first-order chi connectivity index (χ1) is 11.0. The van der Waals surface area contributed by atoms with Crippen LogP contribution in [0.2, 0.25) is 5.02 Å². The molecule has 1 N–H and O–H groups in total. The van der Waals surface area contributed by atoms with Crippen molar-refractivity contribution >= 4 is 28.5 Å². The Morgan fingerprint density at radius 2 is 2.04 bits per heavy atom. The number of benzene rings is 2. The van der Waals surface area contributed by atoms with Gasteiger partial charge < -0.3 is 5.11 Å². The summed E-state index contributed by atoms with van der Waals surface area (Å²) in [5.74, 6) is -0.502. The number of carbonyl (C=O) groups is 1. The minimum absolute atomic E-state index is 0.104. The lowest BCUT2D eigenvalue weighted by molar-refractivity contribution is 0.0697. The Morgan fingerprint density at radius 3 is 2.74 bits per heavy atom. The third kappa shape index (κ3) is 2.96. The molecular formula is C17H13ClN2O3. The second-order valence-corrected chi connectivity index (χ2v) is 5.67. The molecule has 0 saturated carbocycles. The molecule has 3 aromatic rings. The van der Waals surface area contributed by atoms with E-state index in [1.165, 1.54) is 22.8 Å². The number of carboxylic acid groups (broad SMARTS) is 1. The van der Waals surface area contributed by atoms with Gasteiger partial charge in [0, 0.05) is 18.5 Å². The molecule has 5 nitrogen and oxygen atoms in total. The largest absolute Gasteiger partial charge is 0.478 e. The van der Waals surface area contributed by atoms with Crippen LogP contribution in [0.4, 0.5) is 0 Å². The predicted molar refractivity (Wildman–Crippen MR) is 88.2 cm³/mol. The number of fused-ring (bicyclic) bond motifs is 1. The van der Waals surface area contributed by atoms with Gasteiger partial charge in [0.15, 0.2) is 0 Å². The van der Waals surface area contributed by atoms with Crippen molar-refractivity contribution in [3.8, 4) is 0 Å². The number of halogens is 1. The molecule has 2 aromatic carbocycles. The van der Waals surface area contributed by atoms with Gasteiger partial charge in [-0.1, -0.05) is 23.7 Å². The number of hydrogen-bond acceptors (Lipinski definition) is 3. The Bertz CT molecular complexity index is 979. The van der Waals surface area contributed by atoms with Crippen LogP contribution < -0.4 is 5.56 Å². The molecule has 116 valence electrons. The van der Waals surface area contributed by atoms with Crippen molar-refractivity contribution in [3.63, 3.8) is 0 Å². The molecule has 0 aliphatic rings. The van der Waals surface area contributed by atoms with Crippen molar-refractivity contribution in [1.29, 1.82) is 0 Å². The molecule has 0 aliphatic heterocycles. The first-order valence-electron chi connectivity index (χ1n) is 6.93. The third-order valence-electron chi connectivity index (χ3n) is 3.67. The highest BCUT2D eigenvalue weighted by molar-refractivity contribution is 6.30. The van der Waals surface area contributed by atoms with Crippen LogP contribution in [0.15, 0.2) is 47.3 Å². The van der Waals surface area contributed by atoms with Crippen LogP contribution in [0.5, 0.6) is 0 Å². The van der Waals surface area contributed by atoms with E-state index in [9.17, 15) is 9.59 Å². The Kier molecular flexibility index (Phi) is 3.88. The zero-order chi connectivity index (χ0) is 16.6. The molecule has 0 amide bonds. The molecule has 23 heavy (non-hydrogen) atoms. The van der Waals surface area contributed by atoms with Gasteiger partial charge in [-0.15, -0.1) is 0 Å². The van der Waals surface area contributed by atoms with Gasteiger partial charge >= 0.3 is 5.97 Å². The van der Waals surface area contributed by atoms with Gasteiger partial charge in [-0.3, -0.25) is 9.36 Å². The van der Waals surface area contributed by atoms with Crippen molar-refractivity contribution in [2.75, 3.05) is 0 Å². The van der Waals surface area contributed by atoms with E-state index >= 15 is 0 Å². The number of hydrogen-bond donors (Lipinski definition) is 1. The van der Waals surface area contributed by atoms with E-state index in [0.29, 0.717) is 28.2 Å². The lowest BCUT2D eigenvalue weighted by Gasteiger charge is -2.10. The van der Waals surface area contributed by atoms with Gasteiger partial charge in [-0.25, -0.2) is 9.78 Å². The summed E-state index contributed by atoms with van der Waals surface area (Å²) in [5.41, 5.74) is 1.20. The van der Waals surface area contributed by atoms with Crippen LogP contribution in [0.1, 0.15) is 21.7 Å². The number of carboxylic acids is 1. The fraction of sp³-hybridized carbons (Fsp3) is 0.118. The summed E-state index contributed by atoms with van der Waals surface area (Å²) in [5, 5.41) is 10.1. The highest BCUT2D eigenvalue weighted by Crippen LogP contribution is 2.16. The molecule has 0 unspecified atom stereocenters. The van der Waals surface area contributed by atoms with Crippen LogP contribution >= 0.6 is 11.6 Å². The molecule has 0 bridgehead atoms. The van der Waals surface area contributed by atoms with Gasteiger partial charge in [0.1, 0.15) is 5.82 Å². The minimum Gasteiger partial charge on any atom is -0.478 e. The normalized spacial score (nSPS) is 10.9. The molecule has 3 rings (SSSR count). The lowest BCUT2D eigenvalue weighted by Crippen LogP contribution is -2.22. The predicted octanol–water partition coefficient (Wildman–Crippen LogP) is 2.88. The van der Waals surface area contributed by atoms with Gasteiger partial charge in [0.2, 0.25) is 0 Å². The van der Waals surface area contributed by atoms with E-state index in [0.717, 1.165) is 5.56 Å². The first-order valence-corrected chi connectivity index (χ1v) is 7.31. The fourth-order valence-electron chi connectivity index (χ4n) is 2.44. The highest BCUT2D eigenvalue weighted by Gasteiger charge is 2.11. The lowest BCUT2D eigenvalue weighted by atomic mass is 10.1. The molecule has 0 fully saturated rings. The van der Waals surface area contributed by atoms with Gasteiger partial charge in [-0.05, 0) is 35.9 Å². The molecule has 0 saturated heterocycles. The van der Waals surface area contributed by atoms with Crippen LogP contribution in [0.25, 0.3) is 10.9 Å². The van der Waals surface area contributed by atoms with E-state index < -0.39 is 5.97 Å². The Labute approximate surface area is 136 Å². The fourth-order valence-corrected chi connectivity index (χ4v) is 2.65. The topological polar surface area (TPSA) is 72.2 Å². The van der Waals surface area contributed by atoms with E-state index in [1.807, 2.05) is 18.2 Å². The minimum atomic E-state index is -1.05. The number of aromatic nitrogens is 2. The van der Waals surface area contributed by atoms with E-state index in [4.69, 9.17) is 16.7 Å². The summed E-state index contributed by atoms with van der Waals surface area (Å²) in [4.78, 5) is 28.0. The average Bonchev–Trinajstić information content (AvgIpc) is 2.52. The van der Waals surface area contributed by atoms with Crippen LogP contribution in [-0.4, -0.2) is 20.6 Å². The van der Waals surface area contributed by atoms with E-state index in [2.05, 4.69) is 4.98 Å². The summed E-state index contributed by atoms with van der Waals surface area (Å²) < 4.78 is 1.48. The maximum Gasteiger partial charge on any atom is 0.335 e. The Hall–Kier alpha value is -2.66. The number of aromatic carboxylic acids is 1. The SMILES string of the molecule is Cn1c(Cc2cccc(Cl)c2)nc2cc(C(=O)O)ccc2c1=O. The molecular weight excluding hydrogens is 316 g/mol.